The maximum atomic E-state index is 12.5. The van der Waals surface area contributed by atoms with Crippen molar-refractivity contribution in [3.8, 4) is 0 Å². The first-order chi connectivity index (χ1) is 13.4. The second-order valence-electron chi connectivity index (χ2n) is 7.54. The molecule has 0 aliphatic carbocycles. The van der Waals surface area contributed by atoms with Gasteiger partial charge in [0.1, 0.15) is 6.54 Å². The summed E-state index contributed by atoms with van der Waals surface area (Å²) in [4.78, 5) is 28.6. The van der Waals surface area contributed by atoms with Crippen molar-refractivity contribution >= 4 is 28.9 Å². The minimum atomic E-state index is -0.206. The van der Waals surface area contributed by atoms with E-state index in [4.69, 9.17) is 0 Å². The molecule has 2 aromatic rings. The summed E-state index contributed by atoms with van der Waals surface area (Å²) in [7, 11) is 0. The van der Waals surface area contributed by atoms with E-state index in [1.807, 2.05) is 56.3 Å². The summed E-state index contributed by atoms with van der Waals surface area (Å²) < 4.78 is 0. The standard InChI is InChI=1S/C23H29N3O2/c1-17-7-12-22(18(2)15-17)24-23(28)16-26(19(3)27)21-10-8-20(9-11-21)25-13-5-4-6-14-25/h7-12,15H,4-6,13-14,16H2,1-3H3,(H,24,28). The van der Waals surface area contributed by atoms with Gasteiger partial charge in [-0.3, -0.25) is 9.59 Å². The summed E-state index contributed by atoms with van der Waals surface area (Å²) in [5.41, 5.74) is 4.85. The zero-order valence-corrected chi connectivity index (χ0v) is 17.0. The van der Waals surface area contributed by atoms with E-state index in [9.17, 15) is 9.59 Å². The molecule has 1 aliphatic heterocycles. The lowest BCUT2D eigenvalue weighted by Crippen LogP contribution is -2.36. The number of nitrogens with one attached hydrogen (secondary N) is 1. The lowest BCUT2D eigenvalue weighted by Gasteiger charge is -2.29. The SMILES string of the molecule is CC(=O)N(CC(=O)Nc1ccc(C)cc1C)c1ccc(N2CCCCC2)cc1. The highest BCUT2D eigenvalue weighted by Crippen LogP contribution is 2.24. The number of hydrogen-bond acceptors (Lipinski definition) is 3. The summed E-state index contributed by atoms with van der Waals surface area (Å²) in [5, 5.41) is 2.91. The van der Waals surface area contributed by atoms with Crippen LogP contribution >= 0.6 is 0 Å². The van der Waals surface area contributed by atoms with Crippen molar-refractivity contribution in [2.24, 2.45) is 0 Å². The average Bonchev–Trinajstić information content (AvgIpc) is 2.69. The molecular weight excluding hydrogens is 350 g/mol. The van der Waals surface area contributed by atoms with Crippen LogP contribution in [0.2, 0.25) is 0 Å². The van der Waals surface area contributed by atoms with Crippen LogP contribution in [0, 0.1) is 13.8 Å². The van der Waals surface area contributed by atoms with Gasteiger partial charge in [-0.15, -0.1) is 0 Å². The molecule has 0 saturated carbocycles. The number of carbonyl (C=O) groups is 2. The molecule has 1 heterocycles. The Morgan fingerprint density at radius 3 is 2.29 bits per heavy atom. The number of rotatable bonds is 5. The summed E-state index contributed by atoms with van der Waals surface area (Å²) in [6, 6.07) is 13.8. The minimum absolute atomic E-state index is 0.00822. The first kappa shape index (κ1) is 19.9. The number of benzene rings is 2. The normalized spacial score (nSPS) is 13.9. The molecule has 28 heavy (non-hydrogen) atoms. The number of nitrogens with zero attached hydrogens (tertiary/aromatic N) is 2. The van der Waals surface area contributed by atoms with Crippen LogP contribution in [-0.4, -0.2) is 31.4 Å². The quantitative estimate of drug-likeness (QED) is 0.843. The molecule has 1 N–H and O–H groups in total. The highest BCUT2D eigenvalue weighted by Gasteiger charge is 2.17. The zero-order chi connectivity index (χ0) is 20.1. The molecule has 2 aromatic carbocycles. The van der Waals surface area contributed by atoms with Crippen LogP contribution in [0.3, 0.4) is 0 Å². The summed E-state index contributed by atoms with van der Waals surface area (Å²) in [6.07, 6.45) is 3.74. The molecule has 0 unspecified atom stereocenters. The predicted molar refractivity (Wildman–Crippen MR) is 115 cm³/mol. The Morgan fingerprint density at radius 1 is 1.00 bits per heavy atom. The van der Waals surface area contributed by atoms with Crippen molar-refractivity contribution in [3.63, 3.8) is 0 Å². The van der Waals surface area contributed by atoms with Gasteiger partial charge in [0.2, 0.25) is 11.8 Å². The second kappa shape index (κ2) is 8.91. The third-order valence-corrected chi connectivity index (χ3v) is 5.22. The first-order valence-corrected chi connectivity index (χ1v) is 9.94. The summed E-state index contributed by atoms with van der Waals surface area (Å²) in [6.45, 7) is 7.62. The van der Waals surface area contributed by atoms with Crippen LogP contribution in [0.5, 0.6) is 0 Å². The number of anilines is 3. The highest BCUT2D eigenvalue weighted by atomic mass is 16.2. The van der Waals surface area contributed by atoms with E-state index in [1.54, 1.807) is 0 Å². The second-order valence-corrected chi connectivity index (χ2v) is 7.54. The van der Waals surface area contributed by atoms with E-state index in [1.165, 1.54) is 36.8 Å². The van der Waals surface area contributed by atoms with Gasteiger partial charge >= 0.3 is 0 Å². The van der Waals surface area contributed by atoms with Crippen LogP contribution in [-0.2, 0) is 9.59 Å². The summed E-state index contributed by atoms with van der Waals surface area (Å²) >= 11 is 0. The Morgan fingerprint density at radius 2 is 1.68 bits per heavy atom. The van der Waals surface area contributed by atoms with Crippen molar-refractivity contribution < 1.29 is 9.59 Å². The monoisotopic (exact) mass is 379 g/mol. The van der Waals surface area contributed by atoms with Gasteiger partial charge in [0.25, 0.3) is 0 Å². The molecule has 3 rings (SSSR count). The zero-order valence-electron chi connectivity index (χ0n) is 17.0. The fourth-order valence-electron chi connectivity index (χ4n) is 3.67. The molecule has 5 heteroatoms. The minimum Gasteiger partial charge on any atom is -0.372 e. The lowest BCUT2D eigenvalue weighted by molar-refractivity contribution is -0.120. The topological polar surface area (TPSA) is 52.7 Å². The number of hydrogen-bond donors (Lipinski definition) is 1. The molecule has 0 atom stereocenters. The van der Waals surface area contributed by atoms with Gasteiger partial charge in [0, 0.05) is 37.1 Å². The van der Waals surface area contributed by atoms with Gasteiger partial charge in [-0.2, -0.15) is 0 Å². The first-order valence-electron chi connectivity index (χ1n) is 9.94. The fourth-order valence-corrected chi connectivity index (χ4v) is 3.67. The molecule has 0 bridgehead atoms. The Hall–Kier alpha value is -2.82. The van der Waals surface area contributed by atoms with E-state index in [0.717, 1.165) is 35.6 Å². The summed E-state index contributed by atoms with van der Waals surface area (Å²) in [5.74, 6) is -0.358. The van der Waals surface area contributed by atoms with Crippen LogP contribution in [0.1, 0.15) is 37.3 Å². The van der Waals surface area contributed by atoms with E-state index < -0.39 is 0 Å². The van der Waals surface area contributed by atoms with Gasteiger partial charge in [-0.25, -0.2) is 0 Å². The van der Waals surface area contributed by atoms with Gasteiger partial charge in [0.15, 0.2) is 0 Å². The molecule has 2 amide bonds. The lowest BCUT2D eigenvalue weighted by atomic mass is 10.1. The molecule has 5 nitrogen and oxygen atoms in total. The fraction of sp³-hybridized carbons (Fsp3) is 0.391. The molecule has 148 valence electrons. The Kier molecular flexibility index (Phi) is 6.34. The largest absolute Gasteiger partial charge is 0.372 e. The maximum Gasteiger partial charge on any atom is 0.244 e. The van der Waals surface area contributed by atoms with E-state index in [2.05, 4.69) is 10.2 Å². The van der Waals surface area contributed by atoms with E-state index in [0.29, 0.717) is 0 Å². The third-order valence-electron chi connectivity index (χ3n) is 5.22. The number of aryl methyl sites for hydroxylation is 2. The molecule has 1 fully saturated rings. The Balaban J connectivity index is 1.68. The smallest absolute Gasteiger partial charge is 0.244 e. The number of piperidine rings is 1. The highest BCUT2D eigenvalue weighted by molar-refractivity contribution is 6.02. The Labute approximate surface area is 167 Å². The average molecular weight is 380 g/mol. The van der Waals surface area contributed by atoms with Gasteiger partial charge in [-0.05, 0) is 69.0 Å². The van der Waals surface area contributed by atoms with Crippen molar-refractivity contribution in [3.05, 3.63) is 53.6 Å². The van der Waals surface area contributed by atoms with Crippen LogP contribution < -0.4 is 15.1 Å². The molecule has 1 saturated heterocycles. The van der Waals surface area contributed by atoms with Crippen molar-refractivity contribution in [2.75, 3.05) is 34.8 Å². The predicted octanol–water partition coefficient (Wildman–Crippen LogP) is 4.29. The molecule has 0 spiro atoms. The van der Waals surface area contributed by atoms with Crippen molar-refractivity contribution in [1.82, 2.24) is 0 Å². The Bertz CT molecular complexity index is 839. The molecular formula is C23H29N3O2. The van der Waals surface area contributed by atoms with Crippen molar-refractivity contribution in [1.29, 1.82) is 0 Å². The van der Waals surface area contributed by atoms with Crippen molar-refractivity contribution in [2.45, 2.75) is 40.0 Å². The third kappa shape index (κ3) is 4.91. The van der Waals surface area contributed by atoms with E-state index >= 15 is 0 Å². The van der Waals surface area contributed by atoms with Crippen LogP contribution in [0.25, 0.3) is 0 Å². The van der Waals surface area contributed by atoms with E-state index in [-0.39, 0.29) is 18.4 Å². The molecule has 0 radical (unpaired) electrons. The molecule has 1 aliphatic rings. The van der Waals surface area contributed by atoms with Crippen LogP contribution in [0.15, 0.2) is 42.5 Å². The van der Waals surface area contributed by atoms with Gasteiger partial charge in [-0.1, -0.05) is 17.7 Å². The molecule has 0 aromatic heterocycles. The number of carbonyl (C=O) groups excluding carboxylic acids is 2. The maximum absolute atomic E-state index is 12.5. The van der Waals surface area contributed by atoms with Gasteiger partial charge < -0.3 is 15.1 Å². The van der Waals surface area contributed by atoms with Gasteiger partial charge in [0.05, 0.1) is 0 Å². The number of amides is 2. The van der Waals surface area contributed by atoms with Crippen LogP contribution in [0.4, 0.5) is 17.1 Å².